The predicted octanol–water partition coefficient (Wildman–Crippen LogP) is 2.34. The Labute approximate surface area is 39.8 Å². The van der Waals surface area contributed by atoms with E-state index in [0.29, 0.717) is 0 Å². The van der Waals surface area contributed by atoms with E-state index in [9.17, 15) is 0 Å². The monoisotopic (exact) mass is 142 g/mol. The van der Waals surface area contributed by atoms with Crippen LogP contribution in [0.1, 0.15) is 0 Å². The molecule has 0 rings (SSSR count). The molecule has 2 unspecified atom stereocenters. The fraction of sp³-hybridized carbons (Fsp3) is 0. The van der Waals surface area contributed by atoms with Gasteiger partial charge in [-0.15, -0.1) is 0 Å². The Balaban J connectivity index is 2.83. The van der Waals surface area contributed by atoms with Crippen LogP contribution in [0.5, 0.6) is 0 Å². The van der Waals surface area contributed by atoms with Gasteiger partial charge in [-0.3, -0.25) is 0 Å². The summed E-state index contributed by atoms with van der Waals surface area (Å²) in [6, 6.07) is 0. The minimum absolute atomic E-state index is 0.0962. The summed E-state index contributed by atoms with van der Waals surface area (Å²) in [6.45, 7) is 0.0962. The molecule has 0 saturated carbocycles. The van der Waals surface area contributed by atoms with Crippen LogP contribution in [-0.4, -0.2) is 6.30 Å². The molecule has 0 heterocycles. The highest BCUT2D eigenvalue weighted by atomic mass is 32.7. The van der Waals surface area contributed by atoms with Gasteiger partial charge in [0.2, 0.25) is 0 Å². The normalized spacial score (nSPS) is 10.2. The highest BCUT2D eigenvalue weighted by Crippen LogP contribution is 2.63. The molecule has 0 bridgehead atoms. The van der Waals surface area contributed by atoms with Gasteiger partial charge in [-0.25, -0.2) is 0 Å². The van der Waals surface area contributed by atoms with Crippen molar-refractivity contribution in [3.8, 4) is 0 Å². The third-order valence-corrected chi connectivity index (χ3v) is 4.41. The average molecular weight is 142 g/mol. The van der Waals surface area contributed by atoms with Crippen molar-refractivity contribution < 1.29 is 0 Å². The Morgan fingerprint density at radius 1 is 1.60 bits per heavy atom. The summed E-state index contributed by atoms with van der Waals surface area (Å²) in [7, 11) is 6.61. The van der Waals surface area contributed by atoms with Gasteiger partial charge in [0.15, 0.2) is 0 Å². The van der Waals surface area contributed by atoms with Crippen molar-refractivity contribution in [2.75, 3.05) is 0 Å². The molecule has 0 amide bonds. The van der Waals surface area contributed by atoms with E-state index >= 15 is 0 Å². The molecule has 0 aromatic carbocycles. The largest absolute Gasteiger partial charge is 0.0984 e. The quantitative estimate of drug-likeness (QED) is 0.493. The molecule has 0 nitrogen and oxygen atoms in total. The summed E-state index contributed by atoms with van der Waals surface area (Å²) < 4.78 is 0. The van der Waals surface area contributed by atoms with Crippen molar-refractivity contribution in [2.45, 2.75) is 0 Å². The molecule has 30 valence electrons. The van der Waals surface area contributed by atoms with E-state index in [2.05, 4.69) is 24.2 Å². The first-order chi connectivity index (χ1) is 2.27. The summed E-state index contributed by atoms with van der Waals surface area (Å²) in [5.74, 6) is 0. The van der Waals surface area contributed by atoms with Crippen molar-refractivity contribution in [1.82, 2.24) is 0 Å². The summed E-state index contributed by atoms with van der Waals surface area (Å²) in [5.41, 5.74) is 0. The van der Waals surface area contributed by atoms with E-state index in [4.69, 9.17) is 0 Å². The molecule has 0 aromatic heterocycles. The molecule has 0 aromatic rings. The second kappa shape index (κ2) is 3.64. The first kappa shape index (κ1) is 6.46. The molecule has 0 aliphatic heterocycles. The molecule has 2 atom stereocenters. The smallest absolute Gasteiger partial charge is 0.0166 e. The lowest BCUT2D eigenvalue weighted by atomic mass is 12.0. The van der Waals surface area contributed by atoms with Crippen LogP contribution in [0.2, 0.25) is 0 Å². The Hall–Kier alpha value is 1.46. The molecular formula is CH6P4. The van der Waals surface area contributed by atoms with Crippen LogP contribution in [0.15, 0.2) is 0 Å². The topological polar surface area (TPSA) is 0 Å². The molecule has 0 N–H and O–H groups in total. The summed E-state index contributed by atoms with van der Waals surface area (Å²) in [6.07, 6.45) is 3.64. The molecule has 0 aliphatic carbocycles. The van der Waals surface area contributed by atoms with E-state index < -0.39 is 0 Å². The zero-order valence-electron chi connectivity index (χ0n) is 2.76. The number of hydrogen-bond donors (Lipinski definition) is 0. The van der Waals surface area contributed by atoms with Crippen LogP contribution in [0.4, 0.5) is 0 Å². The molecule has 0 radical (unpaired) electrons. The lowest BCUT2D eigenvalue weighted by Gasteiger charge is -1.84. The van der Waals surface area contributed by atoms with Gasteiger partial charge in [0, 0.05) is 0 Å². The fourth-order valence-electron chi connectivity index (χ4n) is 0. The van der Waals surface area contributed by atoms with Crippen LogP contribution in [0.3, 0.4) is 0 Å². The minimum atomic E-state index is 0.0962. The van der Waals surface area contributed by atoms with Crippen LogP contribution < -0.4 is 0 Å². The van der Waals surface area contributed by atoms with E-state index in [1.54, 1.807) is 0 Å². The maximum atomic E-state index is 3.64. The van der Waals surface area contributed by atoms with Gasteiger partial charge in [0.1, 0.15) is 0 Å². The van der Waals surface area contributed by atoms with Gasteiger partial charge in [0.05, 0.1) is 0 Å². The molecule has 0 spiro atoms. The van der Waals surface area contributed by atoms with Gasteiger partial charge in [0.25, 0.3) is 0 Å². The minimum Gasteiger partial charge on any atom is -0.0984 e. The van der Waals surface area contributed by atoms with Crippen LogP contribution in [-0.2, 0) is 0 Å². The van der Waals surface area contributed by atoms with Gasteiger partial charge < -0.3 is 0 Å². The third kappa shape index (κ3) is 5.46. The van der Waals surface area contributed by atoms with Gasteiger partial charge >= 0.3 is 0 Å². The third-order valence-electron chi connectivity index (χ3n) is 0.163. The molecule has 0 aliphatic rings. The highest BCUT2D eigenvalue weighted by molar-refractivity contribution is 8.68. The fourth-order valence-corrected chi connectivity index (χ4v) is 0. The highest BCUT2D eigenvalue weighted by Gasteiger charge is 1.73. The lowest BCUT2D eigenvalue weighted by molar-refractivity contribution is 4.68. The molecule has 5 heavy (non-hydrogen) atoms. The van der Waals surface area contributed by atoms with Crippen LogP contribution >= 0.6 is 32.7 Å². The van der Waals surface area contributed by atoms with Gasteiger partial charge in [-0.1, -0.05) is 32.0 Å². The summed E-state index contributed by atoms with van der Waals surface area (Å²) >= 11 is 0. The Bertz CT molecular complexity index is 30.6. The number of hydrogen-bond acceptors (Lipinski definition) is 0. The van der Waals surface area contributed by atoms with E-state index in [-0.39, 0.29) is 6.99 Å². The maximum absolute atomic E-state index is 3.64. The molecule has 0 fully saturated rings. The zero-order chi connectivity index (χ0) is 4.28. The zero-order valence-corrected chi connectivity index (χ0v) is 6.85. The van der Waals surface area contributed by atoms with E-state index in [1.807, 2.05) is 0 Å². The molecule has 4 heteroatoms. The Morgan fingerprint density at radius 2 is 1.80 bits per heavy atom. The van der Waals surface area contributed by atoms with Crippen molar-refractivity contribution in [3.05, 3.63) is 0 Å². The SMILES string of the molecule is C=PP(P)P. The maximum Gasteiger partial charge on any atom is -0.0166 e. The Morgan fingerprint density at radius 3 is 1.80 bits per heavy atom. The second-order valence-corrected chi connectivity index (χ2v) is 11.5. The summed E-state index contributed by atoms with van der Waals surface area (Å²) in [5, 5.41) is 0. The molecule has 0 saturated heterocycles. The van der Waals surface area contributed by atoms with Crippen LogP contribution in [0.25, 0.3) is 0 Å². The van der Waals surface area contributed by atoms with Crippen molar-refractivity contribution in [1.29, 1.82) is 0 Å². The average Bonchev–Trinajstić information content (AvgIpc) is 1.38. The van der Waals surface area contributed by atoms with Gasteiger partial charge in [-0.2, -0.15) is 0 Å². The van der Waals surface area contributed by atoms with Crippen molar-refractivity contribution >= 4 is 39.0 Å². The van der Waals surface area contributed by atoms with E-state index in [0.717, 1.165) is 0 Å². The summed E-state index contributed by atoms with van der Waals surface area (Å²) in [4.78, 5) is 0. The van der Waals surface area contributed by atoms with Crippen molar-refractivity contribution in [3.63, 3.8) is 0 Å². The predicted molar refractivity (Wildman–Crippen MR) is 40.4 cm³/mol. The van der Waals surface area contributed by atoms with Crippen molar-refractivity contribution in [2.24, 2.45) is 0 Å². The second-order valence-electron chi connectivity index (χ2n) is 0.521. The van der Waals surface area contributed by atoms with Crippen LogP contribution in [0, 0.1) is 0 Å². The lowest BCUT2D eigenvalue weighted by Crippen LogP contribution is -1.02. The standard InChI is InChI=1S/CH6P4/c1-4-5(2)3/h1-3H2. The van der Waals surface area contributed by atoms with Gasteiger partial charge in [-0.05, 0) is 6.99 Å². The van der Waals surface area contributed by atoms with E-state index in [1.165, 1.54) is 7.89 Å². The Kier molecular flexibility index (Phi) is 4.71. The first-order valence-electron chi connectivity index (χ1n) is 1.03. The number of rotatable bonds is 1. The first-order valence-corrected chi connectivity index (χ1v) is 7.40. The molecular weight excluding hydrogens is 136 g/mol.